The predicted octanol–water partition coefficient (Wildman–Crippen LogP) is 3.32. The Morgan fingerprint density at radius 1 is 1.10 bits per heavy atom. The van der Waals surface area contributed by atoms with Crippen molar-refractivity contribution in [1.82, 2.24) is 19.5 Å². The minimum atomic E-state index is -0.621. The van der Waals surface area contributed by atoms with Crippen molar-refractivity contribution in [1.29, 1.82) is 0 Å². The SMILES string of the molecule is COc1cccc(F)c1COc1cc(-n2c(=O)[nH]c3c(OC)nc(COC(C)=O)nc32)c(Cl)cc1OCCCO. The standard InChI is InChI=1S/C26H26ClFN4O8/c1-14(34)39-13-22-29-24-23(25(30-22)37-3)31-26(35)32(24)18-11-21(20(10-16(18)27)38-9-5-8-33)40-12-15-17(28)6-4-7-19(15)36-2/h4,6-7,10-11,33H,5,8-9,12-13H2,1-3H3,(H,31,35). The van der Waals surface area contributed by atoms with Crippen molar-refractivity contribution in [3.8, 4) is 28.8 Å². The van der Waals surface area contributed by atoms with Gasteiger partial charge in [-0.3, -0.25) is 9.78 Å². The van der Waals surface area contributed by atoms with Crippen LogP contribution >= 0.6 is 11.6 Å². The van der Waals surface area contributed by atoms with Gasteiger partial charge in [0.15, 0.2) is 29.6 Å². The van der Waals surface area contributed by atoms with Gasteiger partial charge in [0.25, 0.3) is 0 Å². The van der Waals surface area contributed by atoms with Crippen molar-refractivity contribution < 1.29 is 38.0 Å². The highest BCUT2D eigenvalue weighted by Gasteiger charge is 2.22. The molecule has 0 amide bonds. The van der Waals surface area contributed by atoms with Crippen LogP contribution in [0.5, 0.6) is 23.1 Å². The maximum atomic E-state index is 14.6. The lowest BCUT2D eigenvalue weighted by molar-refractivity contribution is -0.142. The first-order chi connectivity index (χ1) is 19.3. The number of fused-ring (bicyclic) bond motifs is 1. The van der Waals surface area contributed by atoms with Crippen LogP contribution in [0.4, 0.5) is 4.39 Å². The predicted molar refractivity (Wildman–Crippen MR) is 141 cm³/mol. The molecule has 2 aromatic heterocycles. The number of hydrogen-bond donors (Lipinski definition) is 2. The first-order valence-corrected chi connectivity index (χ1v) is 12.4. The molecule has 2 heterocycles. The Hall–Kier alpha value is -4.36. The highest BCUT2D eigenvalue weighted by molar-refractivity contribution is 6.32. The monoisotopic (exact) mass is 576 g/mol. The normalized spacial score (nSPS) is 10.9. The topological polar surface area (TPSA) is 147 Å². The van der Waals surface area contributed by atoms with Crippen LogP contribution < -0.4 is 24.6 Å². The summed E-state index contributed by atoms with van der Waals surface area (Å²) in [5, 5.41) is 9.25. The molecule has 0 unspecified atom stereocenters. The van der Waals surface area contributed by atoms with Gasteiger partial charge in [-0.15, -0.1) is 0 Å². The third kappa shape index (κ3) is 6.10. The summed E-state index contributed by atoms with van der Waals surface area (Å²) >= 11 is 6.60. The summed E-state index contributed by atoms with van der Waals surface area (Å²) in [5.41, 5.74) is -0.0277. The molecular formula is C26H26ClFN4O8. The third-order valence-corrected chi connectivity index (χ3v) is 5.93. The minimum absolute atomic E-state index is 0.0474. The van der Waals surface area contributed by atoms with Crippen LogP contribution in [0.3, 0.4) is 0 Å². The second-order valence-corrected chi connectivity index (χ2v) is 8.69. The molecule has 0 aliphatic rings. The number of hydrogen-bond acceptors (Lipinski definition) is 10. The minimum Gasteiger partial charge on any atom is -0.496 e. The Morgan fingerprint density at radius 3 is 2.58 bits per heavy atom. The maximum Gasteiger partial charge on any atom is 0.332 e. The summed E-state index contributed by atoms with van der Waals surface area (Å²) in [6, 6.07) is 7.26. The van der Waals surface area contributed by atoms with Crippen molar-refractivity contribution >= 4 is 28.7 Å². The summed E-state index contributed by atoms with van der Waals surface area (Å²) in [7, 11) is 2.78. The Bertz CT molecular complexity index is 1590. The molecule has 0 spiro atoms. The second kappa shape index (κ2) is 12.7. The van der Waals surface area contributed by atoms with E-state index in [4.69, 9.17) is 40.4 Å². The number of H-pyrrole nitrogens is 1. The fraction of sp³-hybridized carbons (Fsp3) is 0.308. The van der Waals surface area contributed by atoms with Gasteiger partial charge in [0.05, 0.1) is 37.1 Å². The molecule has 0 saturated carbocycles. The Labute approximate surface area is 232 Å². The average molecular weight is 577 g/mol. The lowest BCUT2D eigenvalue weighted by Gasteiger charge is -2.17. The molecule has 0 saturated heterocycles. The van der Waals surface area contributed by atoms with E-state index >= 15 is 0 Å². The largest absolute Gasteiger partial charge is 0.496 e. The lowest BCUT2D eigenvalue weighted by Crippen LogP contribution is -2.16. The molecule has 12 nitrogen and oxygen atoms in total. The first kappa shape index (κ1) is 28.6. The van der Waals surface area contributed by atoms with Gasteiger partial charge in [-0.25, -0.2) is 18.7 Å². The van der Waals surface area contributed by atoms with Crippen LogP contribution in [0.1, 0.15) is 24.7 Å². The number of nitrogens with one attached hydrogen (secondary N) is 1. The van der Waals surface area contributed by atoms with Gasteiger partial charge in [0.1, 0.15) is 23.7 Å². The molecule has 0 bridgehead atoms. The zero-order chi connectivity index (χ0) is 28.8. The molecule has 40 heavy (non-hydrogen) atoms. The Kier molecular flexibility index (Phi) is 9.07. The summed E-state index contributed by atoms with van der Waals surface area (Å²) in [6.45, 7) is 0.785. The number of aliphatic hydroxyl groups excluding tert-OH is 1. The van der Waals surface area contributed by atoms with Gasteiger partial charge in [-0.2, -0.15) is 4.98 Å². The van der Waals surface area contributed by atoms with Crippen LogP contribution in [-0.4, -0.2) is 58.0 Å². The fourth-order valence-corrected chi connectivity index (χ4v) is 4.03. The van der Waals surface area contributed by atoms with E-state index in [0.717, 1.165) is 0 Å². The van der Waals surface area contributed by atoms with E-state index in [1.165, 1.54) is 50.0 Å². The molecule has 0 radical (unpaired) electrons. The van der Waals surface area contributed by atoms with Gasteiger partial charge >= 0.3 is 11.7 Å². The van der Waals surface area contributed by atoms with E-state index in [0.29, 0.717) is 6.42 Å². The summed E-state index contributed by atoms with van der Waals surface area (Å²) in [4.78, 5) is 35.6. The van der Waals surface area contributed by atoms with E-state index in [2.05, 4.69) is 15.0 Å². The number of esters is 1. The average Bonchev–Trinajstić information content (AvgIpc) is 3.26. The van der Waals surface area contributed by atoms with Crippen LogP contribution in [0, 0.1) is 5.82 Å². The first-order valence-electron chi connectivity index (χ1n) is 12.0. The number of benzene rings is 2. The Morgan fingerprint density at radius 2 is 1.88 bits per heavy atom. The molecule has 14 heteroatoms. The van der Waals surface area contributed by atoms with Crippen molar-refractivity contribution in [3.63, 3.8) is 0 Å². The lowest BCUT2D eigenvalue weighted by atomic mass is 10.2. The van der Waals surface area contributed by atoms with E-state index in [1.54, 1.807) is 6.07 Å². The van der Waals surface area contributed by atoms with Crippen molar-refractivity contribution in [3.05, 3.63) is 63.0 Å². The van der Waals surface area contributed by atoms with E-state index < -0.39 is 17.5 Å². The van der Waals surface area contributed by atoms with Crippen LogP contribution in [0.15, 0.2) is 35.1 Å². The van der Waals surface area contributed by atoms with Gasteiger partial charge in [-0.05, 0) is 12.1 Å². The van der Waals surface area contributed by atoms with E-state index in [-0.39, 0.29) is 82.8 Å². The summed E-state index contributed by atoms with van der Waals surface area (Å²) in [5.74, 6) is -0.329. The summed E-state index contributed by atoms with van der Waals surface area (Å²) in [6.07, 6.45) is 0.337. The Balaban J connectivity index is 1.83. The van der Waals surface area contributed by atoms with Gasteiger partial charge < -0.3 is 28.8 Å². The number of carbonyl (C=O) groups is 1. The van der Waals surface area contributed by atoms with Gasteiger partial charge in [-0.1, -0.05) is 17.7 Å². The van der Waals surface area contributed by atoms with Gasteiger partial charge in [0, 0.05) is 32.1 Å². The number of aromatic nitrogens is 4. The highest BCUT2D eigenvalue weighted by Crippen LogP contribution is 2.37. The number of methoxy groups -OCH3 is 2. The zero-order valence-corrected chi connectivity index (χ0v) is 22.6. The van der Waals surface area contributed by atoms with Crippen LogP contribution in [0.2, 0.25) is 5.02 Å². The van der Waals surface area contributed by atoms with Crippen molar-refractivity contribution in [2.24, 2.45) is 0 Å². The smallest absolute Gasteiger partial charge is 0.332 e. The zero-order valence-electron chi connectivity index (χ0n) is 21.8. The number of carbonyl (C=O) groups excluding carboxylic acids is 1. The number of rotatable bonds is 12. The van der Waals surface area contributed by atoms with E-state index in [1.807, 2.05) is 0 Å². The molecule has 2 aromatic carbocycles. The van der Waals surface area contributed by atoms with Crippen molar-refractivity contribution in [2.45, 2.75) is 26.6 Å². The fourth-order valence-electron chi connectivity index (χ4n) is 3.79. The number of nitrogens with zero attached hydrogens (tertiary/aromatic N) is 3. The van der Waals surface area contributed by atoms with Crippen LogP contribution in [-0.2, 0) is 22.7 Å². The summed E-state index contributed by atoms with van der Waals surface area (Å²) < 4.78 is 43.0. The number of imidazole rings is 1. The number of aromatic amines is 1. The number of aliphatic hydroxyl groups is 1. The molecule has 4 aromatic rings. The third-order valence-electron chi connectivity index (χ3n) is 5.63. The molecule has 2 N–H and O–H groups in total. The molecular weight excluding hydrogens is 551 g/mol. The van der Waals surface area contributed by atoms with Crippen LogP contribution in [0.25, 0.3) is 16.9 Å². The molecule has 0 aliphatic carbocycles. The molecule has 4 rings (SSSR count). The van der Waals surface area contributed by atoms with E-state index in [9.17, 15) is 14.0 Å². The van der Waals surface area contributed by atoms with Crippen molar-refractivity contribution in [2.75, 3.05) is 27.4 Å². The van der Waals surface area contributed by atoms with Gasteiger partial charge in [0.2, 0.25) is 5.88 Å². The molecule has 212 valence electrons. The molecule has 0 aliphatic heterocycles. The number of halogens is 2. The second-order valence-electron chi connectivity index (χ2n) is 8.28. The number of ether oxygens (including phenoxy) is 5. The molecule has 0 fully saturated rings. The maximum absolute atomic E-state index is 14.6. The highest BCUT2D eigenvalue weighted by atomic mass is 35.5. The molecule has 0 atom stereocenters. The quantitative estimate of drug-likeness (QED) is 0.190.